The summed E-state index contributed by atoms with van der Waals surface area (Å²) >= 11 is 0. The van der Waals surface area contributed by atoms with E-state index in [1.54, 1.807) is 12.7 Å². The van der Waals surface area contributed by atoms with E-state index in [-0.39, 0.29) is 6.10 Å². The van der Waals surface area contributed by atoms with Crippen LogP contribution in [0.5, 0.6) is 0 Å². The number of aliphatic hydroxyl groups is 1. The Balaban J connectivity index is 1.51. The Labute approximate surface area is 152 Å². The first-order chi connectivity index (χ1) is 12.7. The van der Waals surface area contributed by atoms with Gasteiger partial charge in [0.15, 0.2) is 11.5 Å². The van der Waals surface area contributed by atoms with Gasteiger partial charge in [0.05, 0.1) is 12.4 Å². The molecule has 1 aromatic carbocycles. The average molecular weight is 352 g/mol. The molecule has 26 heavy (non-hydrogen) atoms. The first-order valence-electron chi connectivity index (χ1n) is 9.11. The first kappa shape index (κ1) is 16.9. The van der Waals surface area contributed by atoms with E-state index < -0.39 is 0 Å². The molecule has 1 unspecified atom stereocenters. The van der Waals surface area contributed by atoms with Gasteiger partial charge >= 0.3 is 0 Å². The molecule has 7 heteroatoms. The lowest BCUT2D eigenvalue weighted by Crippen LogP contribution is -2.22. The van der Waals surface area contributed by atoms with E-state index in [0.717, 1.165) is 49.6 Å². The van der Waals surface area contributed by atoms with Gasteiger partial charge in [-0.1, -0.05) is 24.3 Å². The molecule has 1 fully saturated rings. The lowest BCUT2D eigenvalue weighted by Gasteiger charge is -2.18. The second kappa shape index (κ2) is 7.39. The number of anilines is 1. The molecule has 3 aromatic rings. The fraction of sp³-hybridized carbons (Fsp3) is 0.421. The van der Waals surface area contributed by atoms with Crippen molar-refractivity contribution in [3.05, 3.63) is 48.0 Å². The van der Waals surface area contributed by atoms with Crippen molar-refractivity contribution in [2.45, 2.75) is 39.1 Å². The van der Waals surface area contributed by atoms with Crippen LogP contribution in [0, 0.1) is 0 Å². The third kappa shape index (κ3) is 3.40. The van der Waals surface area contributed by atoms with Gasteiger partial charge < -0.3 is 15.0 Å². The Hall–Kier alpha value is -2.51. The standard InChI is InChI=1S/C19H24N6O/c1-2-25-13-23-17-18(21-12-22-19(17)25)20-9-14-5-3-4-6-15(14)10-24-8-7-16(26)11-24/h3-6,12-13,16,26H,2,7-11H2,1H3,(H,20,21,22). The molecule has 0 bridgehead atoms. The van der Waals surface area contributed by atoms with E-state index in [1.165, 1.54) is 11.1 Å². The van der Waals surface area contributed by atoms with E-state index >= 15 is 0 Å². The third-order valence-corrected chi connectivity index (χ3v) is 4.95. The SMILES string of the molecule is CCn1cnc2c(NCc3ccccc3CN3CCC(O)C3)ncnc21. The lowest BCUT2D eigenvalue weighted by molar-refractivity contribution is 0.174. The molecule has 0 spiro atoms. The molecule has 3 heterocycles. The predicted molar refractivity (Wildman–Crippen MR) is 101 cm³/mol. The number of fused-ring (bicyclic) bond motifs is 1. The highest BCUT2D eigenvalue weighted by molar-refractivity contribution is 5.82. The fourth-order valence-electron chi connectivity index (χ4n) is 3.50. The summed E-state index contributed by atoms with van der Waals surface area (Å²) in [4.78, 5) is 15.5. The molecule has 1 aliphatic rings. The van der Waals surface area contributed by atoms with Crippen molar-refractivity contribution in [3.8, 4) is 0 Å². The van der Waals surface area contributed by atoms with Crippen molar-refractivity contribution in [3.63, 3.8) is 0 Å². The third-order valence-electron chi connectivity index (χ3n) is 4.95. The van der Waals surface area contributed by atoms with Crippen LogP contribution in [0.2, 0.25) is 0 Å². The molecule has 2 aromatic heterocycles. The number of β-amino-alcohol motifs (C(OH)–C–C–N with tert-alkyl or cyclic N) is 1. The maximum absolute atomic E-state index is 9.74. The summed E-state index contributed by atoms with van der Waals surface area (Å²) in [6.45, 7) is 6.14. The Morgan fingerprint density at radius 3 is 2.81 bits per heavy atom. The molecule has 0 amide bonds. The summed E-state index contributed by atoms with van der Waals surface area (Å²) in [7, 11) is 0. The summed E-state index contributed by atoms with van der Waals surface area (Å²) in [5, 5.41) is 13.2. The van der Waals surface area contributed by atoms with Gasteiger partial charge in [0.2, 0.25) is 0 Å². The van der Waals surface area contributed by atoms with Gasteiger partial charge in [0.25, 0.3) is 0 Å². The molecule has 1 atom stereocenters. The Bertz CT molecular complexity index is 893. The number of aromatic nitrogens is 4. The van der Waals surface area contributed by atoms with E-state index in [9.17, 15) is 5.11 Å². The number of nitrogens with zero attached hydrogens (tertiary/aromatic N) is 5. The van der Waals surface area contributed by atoms with Gasteiger partial charge in [-0.15, -0.1) is 0 Å². The van der Waals surface area contributed by atoms with Crippen molar-refractivity contribution in [2.75, 3.05) is 18.4 Å². The minimum Gasteiger partial charge on any atom is -0.392 e. The zero-order valence-electron chi connectivity index (χ0n) is 15.0. The smallest absolute Gasteiger partial charge is 0.165 e. The minimum absolute atomic E-state index is 0.191. The fourth-order valence-corrected chi connectivity index (χ4v) is 3.50. The number of hydrogen-bond donors (Lipinski definition) is 2. The minimum atomic E-state index is -0.191. The Morgan fingerprint density at radius 1 is 1.19 bits per heavy atom. The lowest BCUT2D eigenvalue weighted by atomic mass is 10.1. The van der Waals surface area contributed by atoms with Gasteiger partial charge in [0.1, 0.15) is 11.8 Å². The quantitative estimate of drug-likeness (QED) is 0.707. The molecule has 1 aliphatic heterocycles. The number of aryl methyl sites for hydroxylation is 1. The summed E-state index contributed by atoms with van der Waals surface area (Å²) in [6, 6.07) is 8.42. The van der Waals surface area contributed by atoms with Crippen molar-refractivity contribution < 1.29 is 5.11 Å². The van der Waals surface area contributed by atoms with Crippen LogP contribution in [0.3, 0.4) is 0 Å². The van der Waals surface area contributed by atoms with E-state index in [1.807, 2.05) is 4.57 Å². The molecular weight excluding hydrogens is 328 g/mol. The molecular formula is C19H24N6O. The maximum Gasteiger partial charge on any atom is 0.165 e. The zero-order valence-corrected chi connectivity index (χ0v) is 15.0. The molecule has 7 nitrogen and oxygen atoms in total. The van der Waals surface area contributed by atoms with Crippen LogP contribution in [0.15, 0.2) is 36.9 Å². The monoisotopic (exact) mass is 352 g/mol. The molecule has 136 valence electrons. The van der Waals surface area contributed by atoms with Crippen molar-refractivity contribution in [2.24, 2.45) is 0 Å². The molecule has 0 radical (unpaired) electrons. The summed E-state index contributed by atoms with van der Waals surface area (Å²) in [6.07, 6.45) is 4.05. The van der Waals surface area contributed by atoms with Crippen LogP contribution in [0.4, 0.5) is 5.82 Å². The average Bonchev–Trinajstić information content (AvgIpc) is 3.27. The zero-order chi connectivity index (χ0) is 17.9. The van der Waals surface area contributed by atoms with E-state index in [0.29, 0.717) is 6.54 Å². The highest BCUT2D eigenvalue weighted by atomic mass is 16.3. The van der Waals surface area contributed by atoms with Crippen molar-refractivity contribution >= 4 is 17.0 Å². The number of hydrogen-bond acceptors (Lipinski definition) is 6. The van der Waals surface area contributed by atoms with E-state index in [4.69, 9.17) is 0 Å². The number of aliphatic hydroxyl groups excluding tert-OH is 1. The van der Waals surface area contributed by atoms with Crippen LogP contribution in [0.1, 0.15) is 24.5 Å². The summed E-state index contributed by atoms with van der Waals surface area (Å²) < 4.78 is 2.01. The normalized spacial score (nSPS) is 17.8. The van der Waals surface area contributed by atoms with Gasteiger partial charge in [-0.25, -0.2) is 15.0 Å². The molecule has 2 N–H and O–H groups in total. The molecule has 4 rings (SSSR count). The number of benzene rings is 1. The summed E-state index contributed by atoms with van der Waals surface area (Å²) in [5.41, 5.74) is 4.16. The highest BCUT2D eigenvalue weighted by Crippen LogP contribution is 2.20. The van der Waals surface area contributed by atoms with Crippen molar-refractivity contribution in [1.82, 2.24) is 24.4 Å². The maximum atomic E-state index is 9.74. The second-order valence-electron chi connectivity index (χ2n) is 6.72. The number of rotatable bonds is 6. The molecule has 0 saturated carbocycles. The second-order valence-corrected chi connectivity index (χ2v) is 6.72. The van der Waals surface area contributed by atoms with Crippen molar-refractivity contribution in [1.29, 1.82) is 0 Å². The number of imidazole rings is 1. The van der Waals surface area contributed by atoms with Crippen LogP contribution >= 0.6 is 0 Å². The number of likely N-dealkylation sites (tertiary alicyclic amines) is 1. The predicted octanol–water partition coefficient (Wildman–Crippen LogP) is 2.02. The van der Waals surface area contributed by atoms with Crippen LogP contribution < -0.4 is 5.32 Å². The Kier molecular flexibility index (Phi) is 4.81. The largest absolute Gasteiger partial charge is 0.392 e. The van der Waals surface area contributed by atoms with Crippen LogP contribution in [-0.2, 0) is 19.6 Å². The molecule has 0 aliphatic carbocycles. The highest BCUT2D eigenvalue weighted by Gasteiger charge is 2.20. The van der Waals surface area contributed by atoms with Gasteiger partial charge in [0, 0.05) is 32.7 Å². The first-order valence-corrected chi connectivity index (χ1v) is 9.11. The van der Waals surface area contributed by atoms with Crippen LogP contribution in [-0.4, -0.2) is 48.7 Å². The van der Waals surface area contributed by atoms with Gasteiger partial charge in [-0.2, -0.15) is 0 Å². The van der Waals surface area contributed by atoms with Gasteiger partial charge in [-0.3, -0.25) is 4.90 Å². The van der Waals surface area contributed by atoms with Gasteiger partial charge in [-0.05, 0) is 24.5 Å². The Morgan fingerprint density at radius 2 is 2.04 bits per heavy atom. The summed E-state index contributed by atoms with van der Waals surface area (Å²) in [5.74, 6) is 0.758. The number of nitrogens with one attached hydrogen (secondary N) is 1. The van der Waals surface area contributed by atoms with E-state index in [2.05, 4.69) is 56.4 Å². The molecule has 1 saturated heterocycles. The van der Waals surface area contributed by atoms with Crippen LogP contribution in [0.25, 0.3) is 11.2 Å². The topological polar surface area (TPSA) is 79.1 Å².